The number of nitrogens with zero attached hydrogens (tertiary/aromatic N) is 6. The zero-order valence-corrected chi connectivity index (χ0v) is 18.1. The average Bonchev–Trinajstić information content (AvgIpc) is 3.39. The van der Waals surface area contributed by atoms with Crippen LogP contribution in [0.15, 0.2) is 34.9 Å². The van der Waals surface area contributed by atoms with E-state index in [-0.39, 0.29) is 24.8 Å². The molecular formula is C21H17F3N6O2S. The van der Waals surface area contributed by atoms with Crippen molar-refractivity contribution in [2.45, 2.75) is 25.5 Å². The van der Waals surface area contributed by atoms with Crippen molar-refractivity contribution in [3.8, 4) is 17.4 Å². The van der Waals surface area contributed by atoms with Crippen LogP contribution in [0.25, 0.3) is 11.5 Å². The molecule has 0 bridgehead atoms. The average molecular weight is 474 g/mol. The highest BCUT2D eigenvalue weighted by Gasteiger charge is 2.39. The standard InChI is InChI=1S/C21H17F3N6O2S/c1-11-10-33-28-18(11)19-25-7-16(24)20(27-19)32-15-8-29(9-15)21(31)30-17(2-3-26-30)12-4-13(22)6-14(23)5-12/h3-7,10,15,17H,2,8-9H2,1H3/t17-/m0/s1. The van der Waals surface area contributed by atoms with Gasteiger partial charge in [-0.2, -0.15) is 18.8 Å². The molecule has 1 saturated heterocycles. The third kappa shape index (κ3) is 4.13. The molecule has 1 fully saturated rings. The van der Waals surface area contributed by atoms with Crippen molar-refractivity contribution in [1.29, 1.82) is 0 Å². The van der Waals surface area contributed by atoms with Gasteiger partial charge in [0.1, 0.15) is 23.4 Å². The van der Waals surface area contributed by atoms with Gasteiger partial charge < -0.3 is 9.64 Å². The van der Waals surface area contributed by atoms with E-state index in [1.165, 1.54) is 39.8 Å². The first kappa shape index (κ1) is 21.3. The lowest BCUT2D eigenvalue weighted by Crippen LogP contribution is -2.59. The van der Waals surface area contributed by atoms with Crippen LogP contribution in [0.5, 0.6) is 5.88 Å². The van der Waals surface area contributed by atoms with E-state index < -0.39 is 35.6 Å². The third-order valence-electron chi connectivity index (χ3n) is 5.36. The number of benzene rings is 1. The lowest BCUT2D eigenvalue weighted by Gasteiger charge is -2.40. The Kier molecular flexibility index (Phi) is 5.44. The van der Waals surface area contributed by atoms with Crippen molar-refractivity contribution in [2.24, 2.45) is 5.10 Å². The molecule has 5 rings (SSSR count). The van der Waals surface area contributed by atoms with Crippen molar-refractivity contribution in [1.82, 2.24) is 24.3 Å². The van der Waals surface area contributed by atoms with Crippen LogP contribution < -0.4 is 4.74 Å². The zero-order valence-electron chi connectivity index (χ0n) is 17.3. The molecule has 33 heavy (non-hydrogen) atoms. The van der Waals surface area contributed by atoms with Crippen LogP contribution in [0.4, 0.5) is 18.0 Å². The van der Waals surface area contributed by atoms with E-state index >= 15 is 0 Å². The predicted octanol–water partition coefficient (Wildman–Crippen LogP) is 3.94. The Balaban J connectivity index is 1.24. The number of amides is 2. The first-order valence-corrected chi connectivity index (χ1v) is 10.9. The Morgan fingerprint density at radius 3 is 2.64 bits per heavy atom. The van der Waals surface area contributed by atoms with Crippen LogP contribution in [0.2, 0.25) is 0 Å². The molecule has 1 atom stereocenters. The molecule has 8 nitrogen and oxygen atoms in total. The number of hydrogen-bond acceptors (Lipinski definition) is 7. The van der Waals surface area contributed by atoms with Crippen LogP contribution in [-0.4, -0.2) is 55.7 Å². The minimum absolute atomic E-state index is 0.184. The fourth-order valence-corrected chi connectivity index (χ4v) is 4.32. The Morgan fingerprint density at radius 2 is 1.94 bits per heavy atom. The minimum atomic E-state index is -0.721. The number of urea groups is 1. The Labute approximate surface area is 190 Å². The lowest BCUT2D eigenvalue weighted by atomic mass is 10.0. The lowest BCUT2D eigenvalue weighted by molar-refractivity contribution is 0.0230. The highest BCUT2D eigenvalue weighted by atomic mass is 32.1. The summed E-state index contributed by atoms with van der Waals surface area (Å²) in [5.41, 5.74) is 1.75. The van der Waals surface area contributed by atoms with Crippen molar-refractivity contribution in [2.75, 3.05) is 13.1 Å². The summed E-state index contributed by atoms with van der Waals surface area (Å²) >= 11 is 1.25. The molecule has 12 heteroatoms. The van der Waals surface area contributed by atoms with Crippen LogP contribution in [0.3, 0.4) is 0 Å². The molecule has 170 valence electrons. The Bertz CT molecular complexity index is 1230. The molecule has 4 heterocycles. The molecule has 0 radical (unpaired) electrons. The zero-order chi connectivity index (χ0) is 23.1. The van der Waals surface area contributed by atoms with Gasteiger partial charge in [0.25, 0.3) is 5.88 Å². The van der Waals surface area contributed by atoms with Crippen molar-refractivity contribution in [3.63, 3.8) is 0 Å². The molecule has 2 aromatic heterocycles. The number of hydrazone groups is 1. The SMILES string of the molecule is Cc1csnc1-c1ncc(F)c(OC2CN(C(=O)N3N=CC[C@H]3c3cc(F)cc(F)c3)C2)n1. The number of rotatable bonds is 4. The van der Waals surface area contributed by atoms with E-state index in [2.05, 4.69) is 19.4 Å². The van der Waals surface area contributed by atoms with Gasteiger partial charge in [0.2, 0.25) is 5.82 Å². The molecule has 3 aromatic rings. The van der Waals surface area contributed by atoms with E-state index in [1.807, 2.05) is 12.3 Å². The van der Waals surface area contributed by atoms with Gasteiger partial charge in [-0.3, -0.25) is 0 Å². The van der Waals surface area contributed by atoms with Gasteiger partial charge in [0.15, 0.2) is 5.82 Å². The van der Waals surface area contributed by atoms with Gasteiger partial charge >= 0.3 is 6.03 Å². The van der Waals surface area contributed by atoms with Crippen LogP contribution >= 0.6 is 11.5 Å². The molecule has 2 aliphatic heterocycles. The summed E-state index contributed by atoms with van der Waals surface area (Å²) in [5, 5.41) is 7.10. The second-order valence-electron chi connectivity index (χ2n) is 7.72. The fourth-order valence-electron chi connectivity index (χ4n) is 3.67. The van der Waals surface area contributed by atoms with E-state index in [4.69, 9.17) is 4.74 Å². The number of halogens is 3. The summed E-state index contributed by atoms with van der Waals surface area (Å²) in [6.45, 7) is 2.22. The van der Waals surface area contributed by atoms with Gasteiger partial charge in [0, 0.05) is 24.1 Å². The molecule has 2 aliphatic rings. The summed E-state index contributed by atoms with van der Waals surface area (Å²) in [5.74, 6) is -2.11. The maximum Gasteiger partial charge on any atom is 0.341 e. The number of ether oxygens (including phenoxy) is 1. The number of aromatic nitrogens is 3. The van der Waals surface area contributed by atoms with Crippen molar-refractivity contribution < 1.29 is 22.7 Å². The van der Waals surface area contributed by atoms with E-state index in [9.17, 15) is 18.0 Å². The van der Waals surface area contributed by atoms with E-state index in [0.29, 0.717) is 17.7 Å². The van der Waals surface area contributed by atoms with Gasteiger partial charge in [-0.05, 0) is 41.7 Å². The van der Waals surface area contributed by atoms with Gasteiger partial charge in [-0.15, -0.1) is 0 Å². The van der Waals surface area contributed by atoms with Crippen LogP contribution in [-0.2, 0) is 0 Å². The number of carbonyl (C=O) groups is 1. The quantitative estimate of drug-likeness (QED) is 0.572. The third-order valence-corrected chi connectivity index (χ3v) is 6.11. The monoisotopic (exact) mass is 474 g/mol. The summed E-state index contributed by atoms with van der Waals surface area (Å²) in [6, 6.07) is 2.11. The molecule has 2 amide bonds. The minimum Gasteiger partial charge on any atom is -0.468 e. The molecule has 1 aromatic carbocycles. The fraction of sp³-hybridized carbons (Fsp3) is 0.286. The maximum absolute atomic E-state index is 14.2. The van der Waals surface area contributed by atoms with Crippen LogP contribution in [0.1, 0.15) is 23.6 Å². The van der Waals surface area contributed by atoms with Gasteiger partial charge in [-0.25, -0.2) is 23.6 Å². The highest BCUT2D eigenvalue weighted by Crippen LogP contribution is 2.32. The van der Waals surface area contributed by atoms with Gasteiger partial charge in [-0.1, -0.05) is 0 Å². The molecule has 0 N–H and O–H groups in total. The van der Waals surface area contributed by atoms with Crippen molar-refractivity contribution in [3.05, 3.63) is 58.4 Å². The smallest absolute Gasteiger partial charge is 0.341 e. The van der Waals surface area contributed by atoms with E-state index in [1.54, 1.807) is 0 Å². The van der Waals surface area contributed by atoms with Crippen molar-refractivity contribution >= 4 is 23.8 Å². The maximum atomic E-state index is 14.2. The predicted molar refractivity (Wildman–Crippen MR) is 113 cm³/mol. The number of carbonyl (C=O) groups excluding carboxylic acids is 1. The number of likely N-dealkylation sites (tertiary alicyclic amines) is 1. The number of aryl methyl sites for hydroxylation is 1. The molecule has 0 spiro atoms. The highest BCUT2D eigenvalue weighted by molar-refractivity contribution is 7.04. The first-order chi connectivity index (χ1) is 15.9. The second kappa shape index (κ2) is 8.43. The molecule has 0 aliphatic carbocycles. The van der Waals surface area contributed by atoms with Gasteiger partial charge in [0.05, 0.1) is 25.3 Å². The largest absolute Gasteiger partial charge is 0.468 e. The Morgan fingerprint density at radius 1 is 1.18 bits per heavy atom. The summed E-state index contributed by atoms with van der Waals surface area (Å²) in [4.78, 5) is 22.5. The van der Waals surface area contributed by atoms with E-state index in [0.717, 1.165) is 17.8 Å². The Hall–Kier alpha value is -3.54. The summed E-state index contributed by atoms with van der Waals surface area (Å²) in [6.07, 6.45) is 2.42. The molecule has 0 saturated carbocycles. The summed E-state index contributed by atoms with van der Waals surface area (Å²) < 4.78 is 51.3. The summed E-state index contributed by atoms with van der Waals surface area (Å²) in [7, 11) is 0. The number of hydrogen-bond donors (Lipinski definition) is 0. The topological polar surface area (TPSA) is 83.8 Å². The second-order valence-corrected chi connectivity index (χ2v) is 8.35. The molecular weight excluding hydrogens is 457 g/mol. The molecule has 0 unspecified atom stereocenters. The van der Waals surface area contributed by atoms with Crippen LogP contribution in [0, 0.1) is 24.4 Å². The normalized spacial score (nSPS) is 18.0. The first-order valence-electron chi connectivity index (χ1n) is 10.1.